The number of unbranched alkanes of at least 4 members (excludes halogenated alkanes) is 2. The molecular weight excluding hydrogens is 500 g/mol. The van der Waals surface area contributed by atoms with Crippen molar-refractivity contribution in [1.82, 2.24) is 30.2 Å². The number of aryl methyl sites for hydroxylation is 2. The summed E-state index contributed by atoms with van der Waals surface area (Å²) in [6.45, 7) is 4.57. The van der Waals surface area contributed by atoms with Crippen molar-refractivity contribution in [1.29, 1.82) is 0 Å². The van der Waals surface area contributed by atoms with Crippen LogP contribution in [0.5, 0.6) is 0 Å². The van der Waals surface area contributed by atoms with Crippen molar-refractivity contribution in [3.05, 3.63) is 117 Å². The largest absolute Gasteiger partial charge is 0.392 e. The molecule has 0 aliphatic rings. The summed E-state index contributed by atoms with van der Waals surface area (Å²) in [4.78, 5) is 18.8. The second-order valence-corrected chi connectivity index (χ2v) is 10.1. The molecule has 5 aromatic rings. The van der Waals surface area contributed by atoms with Gasteiger partial charge in [-0.3, -0.25) is 9.36 Å². The fourth-order valence-corrected chi connectivity index (χ4v) is 5.00. The summed E-state index contributed by atoms with van der Waals surface area (Å²) < 4.78 is 1.85. The van der Waals surface area contributed by atoms with Gasteiger partial charge in [0.2, 0.25) is 0 Å². The highest BCUT2D eigenvalue weighted by Gasteiger charge is 2.16. The third kappa shape index (κ3) is 6.07. The molecule has 8 heteroatoms. The van der Waals surface area contributed by atoms with Gasteiger partial charge in [-0.15, -0.1) is 5.10 Å². The Labute approximate surface area is 233 Å². The van der Waals surface area contributed by atoms with Crippen LogP contribution in [0.15, 0.2) is 77.6 Å². The predicted molar refractivity (Wildman–Crippen MR) is 156 cm³/mol. The Bertz CT molecular complexity index is 1610. The maximum Gasteiger partial charge on any atom is 0.257 e. The van der Waals surface area contributed by atoms with E-state index in [1.165, 1.54) is 0 Å². The highest BCUT2D eigenvalue weighted by Crippen LogP contribution is 2.29. The number of tetrazole rings is 1. The highest BCUT2D eigenvalue weighted by molar-refractivity contribution is 5.80. The number of hydrogen-bond acceptors (Lipinski definition) is 6. The number of H-pyrrole nitrogens is 1. The summed E-state index contributed by atoms with van der Waals surface area (Å²) in [5.41, 5.74) is 7.41. The van der Waals surface area contributed by atoms with E-state index in [1.807, 2.05) is 60.0 Å². The van der Waals surface area contributed by atoms with Crippen LogP contribution in [0.3, 0.4) is 0 Å². The topological polar surface area (TPSA) is 110 Å². The molecule has 0 amide bonds. The third-order valence-corrected chi connectivity index (χ3v) is 7.27. The van der Waals surface area contributed by atoms with E-state index < -0.39 is 0 Å². The Hall–Kier alpha value is -4.43. The summed E-state index contributed by atoms with van der Waals surface area (Å²) in [6, 6.07) is 24.0. The molecule has 0 radical (unpaired) electrons. The van der Waals surface area contributed by atoms with Gasteiger partial charge in [0.05, 0.1) is 13.2 Å². The minimum absolute atomic E-state index is 0.00175. The number of nitrogens with one attached hydrogen (secondary N) is 1. The van der Waals surface area contributed by atoms with Crippen molar-refractivity contribution in [2.75, 3.05) is 0 Å². The number of aromatic nitrogens is 6. The van der Waals surface area contributed by atoms with E-state index >= 15 is 0 Å². The molecular formula is C32H34N6O2. The number of hydrogen-bond donors (Lipinski definition) is 2. The molecule has 0 saturated carbocycles. The number of nitrogens with zero attached hydrogens (tertiary/aromatic N) is 5. The first kappa shape index (κ1) is 27.1. The Morgan fingerprint density at radius 1 is 0.875 bits per heavy atom. The second kappa shape index (κ2) is 12.6. The SMILES string of the molecule is CCCCCc1nc(C)c(Cc2ccc(CO)cc2)c(=O)n1Cc1ccc(-c2ccccc2-c2nnn[nH]2)cc1. The molecule has 0 bridgehead atoms. The fraction of sp³-hybridized carbons (Fsp3) is 0.281. The van der Waals surface area contributed by atoms with Gasteiger partial charge in [-0.05, 0) is 51.6 Å². The Kier molecular flexibility index (Phi) is 8.56. The molecule has 8 nitrogen and oxygen atoms in total. The zero-order valence-electron chi connectivity index (χ0n) is 23.0. The van der Waals surface area contributed by atoms with Gasteiger partial charge in [0.25, 0.3) is 5.56 Å². The molecule has 0 aliphatic carbocycles. The molecule has 0 unspecified atom stereocenters. The molecule has 0 saturated heterocycles. The molecule has 0 spiro atoms. The number of benzene rings is 3. The lowest BCUT2D eigenvalue weighted by atomic mass is 9.98. The maximum absolute atomic E-state index is 13.9. The van der Waals surface area contributed by atoms with Gasteiger partial charge < -0.3 is 5.11 Å². The first-order valence-electron chi connectivity index (χ1n) is 13.8. The summed E-state index contributed by atoms with van der Waals surface area (Å²) in [5.74, 6) is 1.45. The number of aromatic amines is 1. The lowest BCUT2D eigenvalue weighted by Crippen LogP contribution is -2.30. The number of rotatable bonds is 11. The molecule has 5 rings (SSSR count). The van der Waals surface area contributed by atoms with E-state index in [1.54, 1.807) is 0 Å². The highest BCUT2D eigenvalue weighted by atomic mass is 16.3. The van der Waals surface area contributed by atoms with E-state index in [0.29, 0.717) is 24.4 Å². The van der Waals surface area contributed by atoms with Crippen LogP contribution in [0.2, 0.25) is 0 Å². The summed E-state index contributed by atoms with van der Waals surface area (Å²) in [6.07, 6.45) is 4.48. The molecule has 204 valence electrons. The van der Waals surface area contributed by atoms with Gasteiger partial charge in [-0.1, -0.05) is 92.6 Å². The quantitative estimate of drug-likeness (QED) is 0.224. The Morgan fingerprint density at radius 3 is 2.25 bits per heavy atom. The summed E-state index contributed by atoms with van der Waals surface area (Å²) >= 11 is 0. The molecule has 2 aromatic heterocycles. The van der Waals surface area contributed by atoms with Crippen molar-refractivity contribution in [3.8, 4) is 22.5 Å². The predicted octanol–water partition coefficient (Wildman–Crippen LogP) is 5.26. The molecule has 0 atom stereocenters. The first-order chi connectivity index (χ1) is 19.6. The third-order valence-electron chi connectivity index (χ3n) is 7.27. The van der Waals surface area contributed by atoms with Crippen LogP contribution in [0.25, 0.3) is 22.5 Å². The van der Waals surface area contributed by atoms with E-state index in [-0.39, 0.29) is 12.2 Å². The van der Waals surface area contributed by atoms with Crippen molar-refractivity contribution < 1.29 is 5.11 Å². The average Bonchev–Trinajstić information content (AvgIpc) is 3.53. The number of aliphatic hydroxyl groups excluding tert-OH is 1. The number of aliphatic hydroxyl groups is 1. The van der Waals surface area contributed by atoms with Gasteiger partial charge in [0, 0.05) is 29.7 Å². The van der Waals surface area contributed by atoms with E-state index in [4.69, 9.17) is 4.98 Å². The zero-order valence-corrected chi connectivity index (χ0v) is 23.0. The second-order valence-electron chi connectivity index (χ2n) is 10.1. The van der Waals surface area contributed by atoms with Gasteiger partial charge in [0.15, 0.2) is 5.82 Å². The van der Waals surface area contributed by atoms with Gasteiger partial charge >= 0.3 is 0 Å². The molecule has 0 aliphatic heterocycles. The summed E-state index contributed by atoms with van der Waals surface area (Å²) in [7, 11) is 0. The van der Waals surface area contributed by atoms with E-state index in [0.717, 1.165) is 70.6 Å². The van der Waals surface area contributed by atoms with Crippen LogP contribution in [-0.4, -0.2) is 35.3 Å². The van der Waals surface area contributed by atoms with Crippen LogP contribution in [0.4, 0.5) is 0 Å². The summed E-state index contributed by atoms with van der Waals surface area (Å²) in [5, 5.41) is 23.7. The van der Waals surface area contributed by atoms with E-state index in [2.05, 4.69) is 51.8 Å². The fourth-order valence-electron chi connectivity index (χ4n) is 5.00. The van der Waals surface area contributed by atoms with Crippen molar-refractivity contribution in [2.45, 2.75) is 59.1 Å². The van der Waals surface area contributed by atoms with E-state index in [9.17, 15) is 9.90 Å². The van der Waals surface area contributed by atoms with Crippen LogP contribution < -0.4 is 5.56 Å². The molecule has 2 N–H and O–H groups in total. The molecule has 40 heavy (non-hydrogen) atoms. The smallest absolute Gasteiger partial charge is 0.257 e. The normalized spacial score (nSPS) is 11.2. The van der Waals surface area contributed by atoms with Crippen LogP contribution >= 0.6 is 0 Å². The minimum atomic E-state index is 0.00175. The maximum atomic E-state index is 13.9. The van der Waals surface area contributed by atoms with Gasteiger partial charge in [-0.2, -0.15) is 0 Å². The van der Waals surface area contributed by atoms with Crippen LogP contribution in [0, 0.1) is 6.92 Å². The van der Waals surface area contributed by atoms with Gasteiger partial charge in [0.1, 0.15) is 5.82 Å². The van der Waals surface area contributed by atoms with Crippen molar-refractivity contribution in [2.24, 2.45) is 0 Å². The molecule has 2 heterocycles. The monoisotopic (exact) mass is 534 g/mol. The van der Waals surface area contributed by atoms with Crippen molar-refractivity contribution >= 4 is 0 Å². The minimum Gasteiger partial charge on any atom is -0.392 e. The lowest BCUT2D eigenvalue weighted by molar-refractivity contribution is 0.282. The average molecular weight is 535 g/mol. The Balaban J connectivity index is 1.46. The first-order valence-corrected chi connectivity index (χ1v) is 13.8. The molecule has 3 aromatic carbocycles. The van der Waals surface area contributed by atoms with Gasteiger partial charge in [-0.25, -0.2) is 10.1 Å². The Morgan fingerprint density at radius 2 is 1.57 bits per heavy atom. The molecule has 0 fully saturated rings. The van der Waals surface area contributed by atoms with Crippen LogP contribution in [0.1, 0.15) is 60.0 Å². The zero-order chi connectivity index (χ0) is 27.9. The lowest BCUT2D eigenvalue weighted by Gasteiger charge is -2.17. The van der Waals surface area contributed by atoms with Crippen molar-refractivity contribution in [3.63, 3.8) is 0 Å². The van der Waals surface area contributed by atoms with Crippen LogP contribution in [-0.2, 0) is 26.0 Å². The standard InChI is InChI=1S/C32H34N6O2/c1-3-4-5-10-30-33-22(2)29(19-23-11-13-25(21-39)14-12-23)32(40)38(30)20-24-15-17-26(18-16-24)27-8-6-7-9-28(27)31-34-36-37-35-31/h6-9,11-18,39H,3-5,10,19-21H2,1-2H3,(H,34,35,36,37).